The molecule has 0 unspecified atom stereocenters. The number of aryl methyl sites for hydroxylation is 2. The molecule has 0 aromatic carbocycles. The number of carbonyl (C=O) groups excluding carboxylic acids is 2. The monoisotopic (exact) mass is 419 g/mol. The number of anilines is 1. The van der Waals surface area contributed by atoms with Crippen molar-refractivity contribution >= 4 is 29.0 Å². The van der Waals surface area contributed by atoms with E-state index in [-0.39, 0.29) is 23.8 Å². The molecule has 162 valence electrons. The fourth-order valence-corrected chi connectivity index (χ4v) is 2.71. The summed E-state index contributed by atoms with van der Waals surface area (Å²) >= 11 is 0. The van der Waals surface area contributed by atoms with E-state index in [0.29, 0.717) is 36.8 Å². The SMILES string of the molecule is COCCNC(=N)CCNC(=O)c1cc(NC(=O)c2cc([N+](=O)[O-])cn2C)cn1C. The standard InChI is InChI=1S/C18H25N7O5/c1-23-10-12(22-18(27)15-9-13(25(28)29)11-24(15)2)8-14(23)17(26)21-5-4-16(19)20-6-7-30-3/h8-11H,4-7H2,1-3H3,(H2,19,20)(H,21,26)(H,22,27). The van der Waals surface area contributed by atoms with E-state index in [0.717, 1.165) is 0 Å². The van der Waals surface area contributed by atoms with Crippen molar-refractivity contribution in [3.8, 4) is 0 Å². The Kier molecular flexibility index (Phi) is 7.69. The molecule has 0 spiro atoms. The van der Waals surface area contributed by atoms with E-state index in [2.05, 4.69) is 16.0 Å². The van der Waals surface area contributed by atoms with Crippen LogP contribution in [0.3, 0.4) is 0 Å². The molecular weight excluding hydrogens is 394 g/mol. The first-order valence-electron chi connectivity index (χ1n) is 9.09. The lowest BCUT2D eigenvalue weighted by molar-refractivity contribution is -0.384. The zero-order valence-electron chi connectivity index (χ0n) is 17.0. The highest BCUT2D eigenvalue weighted by atomic mass is 16.6. The number of amidine groups is 1. The van der Waals surface area contributed by atoms with Gasteiger partial charge >= 0.3 is 0 Å². The summed E-state index contributed by atoms with van der Waals surface area (Å²) < 4.78 is 7.81. The molecule has 0 aliphatic carbocycles. The molecule has 0 radical (unpaired) electrons. The summed E-state index contributed by atoms with van der Waals surface area (Å²) in [5, 5.41) is 26.8. The lowest BCUT2D eigenvalue weighted by Gasteiger charge is -2.08. The fourth-order valence-electron chi connectivity index (χ4n) is 2.71. The van der Waals surface area contributed by atoms with Crippen molar-refractivity contribution in [1.29, 1.82) is 5.41 Å². The van der Waals surface area contributed by atoms with Crippen LogP contribution in [-0.4, -0.2) is 58.5 Å². The number of amides is 2. The van der Waals surface area contributed by atoms with E-state index in [4.69, 9.17) is 10.1 Å². The van der Waals surface area contributed by atoms with E-state index in [1.807, 2.05) is 0 Å². The number of hydrogen-bond acceptors (Lipinski definition) is 6. The molecule has 2 aromatic heterocycles. The predicted molar refractivity (Wildman–Crippen MR) is 110 cm³/mol. The molecule has 30 heavy (non-hydrogen) atoms. The van der Waals surface area contributed by atoms with Crippen molar-refractivity contribution in [1.82, 2.24) is 19.8 Å². The third kappa shape index (κ3) is 5.91. The zero-order valence-corrected chi connectivity index (χ0v) is 17.0. The molecule has 2 aromatic rings. The van der Waals surface area contributed by atoms with Gasteiger partial charge in [0.15, 0.2) is 0 Å². The van der Waals surface area contributed by atoms with Crippen molar-refractivity contribution < 1.29 is 19.2 Å². The average molecular weight is 419 g/mol. The van der Waals surface area contributed by atoms with Crippen LogP contribution in [0.2, 0.25) is 0 Å². The third-order valence-corrected chi connectivity index (χ3v) is 4.23. The van der Waals surface area contributed by atoms with Crippen LogP contribution < -0.4 is 16.0 Å². The highest BCUT2D eigenvalue weighted by Crippen LogP contribution is 2.18. The van der Waals surface area contributed by atoms with Gasteiger partial charge in [0.25, 0.3) is 17.5 Å². The maximum atomic E-state index is 12.4. The molecular formula is C18H25N7O5. The first-order chi connectivity index (χ1) is 14.2. The Hall–Kier alpha value is -3.67. The van der Waals surface area contributed by atoms with Crippen LogP contribution in [-0.2, 0) is 18.8 Å². The second-order valence-corrected chi connectivity index (χ2v) is 6.53. The molecule has 0 atom stereocenters. The van der Waals surface area contributed by atoms with Crippen LogP contribution in [0.5, 0.6) is 0 Å². The van der Waals surface area contributed by atoms with Crippen LogP contribution >= 0.6 is 0 Å². The average Bonchev–Trinajstić information content (AvgIpc) is 3.24. The summed E-state index contributed by atoms with van der Waals surface area (Å²) in [6, 6.07) is 2.69. The fraction of sp³-hybridized carbons (Fsp3) is 0.389. The summed E-state index contributed by atoms with van der Waals surface area (Å²) in [5.41, 5.74) is 0.640. The van der Waals surface area contributed by atoms with Gasteiger partial charge in [-0.3, -0.25) is 25.1 Å². The number of aromatic nitrogens is 2. The molecule has 4 N–H and O–H groups in total. The third-order valence-electron chi connectivity index (χ3n) is 4.23. The summed E-state index contributed by atoms with van der Waals surface area (Å²) in [5.74, 6) is -0.584. The maximum absolute atomic E-state index is 12.4. The van der Waals surface area contributed by atoms with Crippen molar-refractivity contribution in [2.45, 2.75) is 6.42 Å². The second-order valence-electron chi connectivity index (χ2n) is 6.53. The Morgan fingerprint density at radius 3 is 2.40 bits per heavy atom. The summed E-state index contributed by atoms with van der Waals surface area (Å²) in [6.07, 6.45) is 3.16. The highest BCUT2D eigenvalue weighted by Gasteiger charge is 2.19. The van der Waals surface area contributed by atoms with Gasteiger partial charge in [-0.05, 0) is 6.07 Å². The molecule has 0 saturated carbocycles. The van der Waals surface area contributed by atoms with Gasteiger partial charge in [0.2, 0.25) is 0 Å². The Labute approximate surface area is 172 Å². The van der Waals surface area contributed by atoms with Gasteiger partial charge in [-0.15, -0.1) is 0 Å². The van der Waals surface area contributed by atoms with Gasteiger partial charge in [-0.2, -0.15) is 0 Å². The van der Waals surface area contributed by atoms with Gasteiger partial charge in [0, 0.05) is 53.0 Å². The van der Waals surface area contributed by atoms with Gasteiger partial charge in [-0.25, -0.2) is 0 Å². The quantitative estimate of drug-likeness (QED) is 0.147. The van der Waals surface area contributed by atoms with Crippen molar-refractivity contribution in [2.75, 3.05) is 32.1 Å². The summed E-state index contributed by atoms with van der Waals surface area (Å²) in [7, 11) is 4.77. The number of nitrogens with zero attached hydrogens (tertiary/aromatic N) is 3. The topological polar surface area (TPSA) is 156 Å². The number of methoxy groups -OCH3 is 1. The van der Waals surface area contributed by atoms with Crippen LogP contribution in [0.1, 0.15) is 27.4 Å². The van der Waals surface area contributed by atoms with Crippen molar-refractivity contribution in [3.63, 3.8) is 0 Å². The number of carbonyl (C=O) groups is 2. The van der Waals surface area contributed by atoms with Gasteiger partial charge in [-0.1, -0.05) is 0 Å². The van der Waals surface area contributed by atoms with Crippen molar-refractivity contribution in [2.24, 2.45) is 14.1 Å². The lowest BCUT2D eigenvalue weighted by atomic mass is 10.3. The largest absolute Gasteiger partial charge is 0.383 e. The molecule has 0 aliphatic rings. The molecule has 2 heterocycles. The molecule has 2 rings (SSSR count). The molecule has 12 heteroatoms. The number of nitrogens with one attached hydrogen (secondary N) is 4. The lowest BCUT2D eigenvalue weighted by Crippen LogP contribution is -2.32. The van der Waals surface area contributed by atoms with Crippen LogP contribution in [0.25, 0.3) is 0 Å². The maximum Gasteiger partial charge on any atom is 0.287 e. The second kappa shape index (κ2) is 10.2. The minimum absolute atomic E-state index is 0.121. The minimum Gasteiger partial charge on any atom is -0.383 e. The Balaban J connectivity index is 1.93. The normalized spacial score (nSPS) is 10.5. The molecule has 12 nitrogen and oxygen atoms in total. The van der Waals surface area contributed by atoms with E-state index in [9.17, 15) is 19.7 Å². The molecule has 0 bridgehead atoms. The Bertz CT molecular complexity index is 947. The van der Waals surface area contributed by atoms with E-state index < -0.39 is 10.8 Å². The van der Waals surface area contributed by atoms with Gasteiger partial charge in [0.05, 0.1) is 29.3 Å². The van der Waals surface area contributed by atoms with Crippen LogP contribution in [0, 0.1) is 15.5 Å². The predicted octanol–water partition coefficient (Wildman–Crippen LogP) is 0.857. The first-order valence-corrected chi connectivity index (χ1v) is 9.09. The van der Waals surface area contributed by atoms with Crippen LogP contribution in [0.15, 0.2) is 24.5 Å². The zero-order chi connectivity index (χ0) is 22.3. The molecule has 0 aliphatic heterocycles. The Morgan fingerprint density at radius 2 is 1.77 bits per heavy atom. The Morgan fingerprint density at radius 1 is 1.10 bits per heavy atom. The summed E-state index contributed by atoms with van der Waals surface area (Å²) in [4.78, 5) is 35.1. The minimum atomic E-state index is -0.575. The molecule has 0 fully saturated rings. The van der Waals surface area contributed by atoms with E-state index in [1.165, 1.54) is 29.9 Å². The van der Waals surface area contributed by atoms with Gasteiger partial charge < -0.3 is 29.8 Å². The molecule has 0 saturated heterocycles. The van der Waals surface area contributed by atoms with Crippen molar-refractivity contribution in [3.05, 3.63) is 46.0 Å². The summed E-state index contributed by atoms with van der Waals surface area (Å²) in [6.45, 7) is 1.29. The number of rotatable bonds is 10. The molecule has 2 amide bonds. The van der Waals surface area contributed by atoms with Gasteiger partial charge in [0.1, 0.15) is 11.4 Å². The van der Waals surface area contributed by atoms with E-state index >= 15 is 0 Å². The smallest absolute Gasteiger partial charge is 0.287 e. The first kappa shape index (κ1) is 22.6. The van der Waals surface area contributed by atoms with E-state index in [1.54, 1.807) is 24.9 Å². The van der Waals surface area contributed by atoms with Crippen LogP contribution in [0.4, 0.5) is 11.4 Å². The number of ether oxygens (including phenoxy) is 1. The highest BCUT2D eigenvalue weighted by molar-refractivity contribution is 6.04. The number of hydrogen-bond donors (Lipinski definition) is 4. The number of nitro groups is 1.